The van der Waals surface area contributed by atoms with Gasteiger partial charge in [0.1, 0.15) is 17.2 Å². The van der Waals surface area contributed by atoms with Crippen LogP contribution in [0.4, 0.5) is 4.39 Å². The molecule has 0 saturated carbocycles. The maximum atomic E-state index is 14.9. The predicted molar refractivity (Wildman–Crippen MR) is 124 cm³/mol. The molecule has 4 aromatic rings. The molecule has 0 N–H and O–H groups in total. The van der Waals surface area contributed by atoms with Crippen molar-refractivity contribution in [3.63, 3.8) is 0 Å². The van der Waals surface area contributed by atoms with E-state index in [0.29, 0.717) is 40.5 Å². The lowest BCUT2D eigenvalue weighted by Gasteiger charge is -2.29. The van der Waals surface area contributed by atoms with Crippen molar-refractivity contribution in [3.8, 4) is 11.3 Å². The first kappa shape index (κ1) is 21.7. The first-order valence-electron chi connectivity index (χ1n) is 10.8. The molecule has 33 heavy (non-hydrogen) atoms. The zero-order valence-corrected chi connectivity index (χ0v) is 19.3. The number of nitrogens with zero attached hydrogens (tertiary/aromatic N) is 5. The molecule has 1 aliphatic rings. The number of aromatic nitrogens is 5. The Bertz CT molecular complexity index is 1430. The van der Waals surface area contributed by atoms with Gasteiger partial charge in [-0.25, -0.2) is 9.37 Å². The maximum absolute atomic E-state index is 14.9. The van der Waals surface area contributed by atoms with Crippen molar-refractivity contribution >= 4 is 22.5 Å². The average molecular weight is 468 g/mol. The summed E-state index contributed by atoms with van der Waals surface area (Å²) in [6.45, 7) is 2.30. The van der Waals surface area contributed by atoms with Gasteiger partial charge in [0.05, 0.1) is 23.4 Å². The fraction of sp³-hybridized carbons (Fsp3) is 0.333. The second-order valence-electron chi connectivity index (χ2n) is 8.47. The molecule has 5 rings (SSSR count). The summed E-state index contributed by atoms with van der Waals surface area (Å²) in [5.41, 5.74) is 2.54. The molecule has 4 heterocycles. The molecule has 1 aromatic carbocycles. The zero-order valence-electron chi connectivity index (χ0n) is 18.5. The third-order valence-corrected chi connectivity index (χ3v) is 6.53. The van der Waals surface area contributed by atoms with Gasteiger partial charge in [-0.05, 0) is 44.0 Å². The van der Waals surface area contributed by atoms with Crippen molar-refractivity contribution in [1.82, 2.24) is 24.3 Å². The van der Waals surface area contributed by atoms with E-state index in [1.165, 1.54) is 10.6 Å². The first-order chi connectivity index (χ1) is 15.8. The summed E-state index contributed by atoms with van der Waals surface area (Å²) in [6, 6.07) is 6.25. The smallest absolute Gasteiger partial charge is 0.261 e. The monoisotopic (exact) mass is 467 g/mol. The zero-order chi connectivity index (χ0) is 23.3. The van der Waals surface area contributed by atoms with Crippen LogP contribution in [0.3, 0.4) is 0 Å². The maximum Gasteiger partial charge on any atom is 0.261 e. The van der Waals surface area contributed by atoms with Crippen LogP contribution in [0.1, 0.15) is 41.9 Å². The van der Waals surface area contributed by atoms with Gasteiger partial charge in [0, 0.05) is 54.7 Å². The summed E-state index contributed by atoms with van der Waals surface area (Å²) >= 11 is 5.97. The summed E-state index contributed by atoms with van der Waals surface area (Å²) in [7, 11) is 3.55. The van der Waals surface area contributed by atoms with Gasteiger partial charge >= 0.3 is 0 Å². The van der Waals surface area contributed by atoms with Crippen molar-refractivity contribution in [2.24, 2.45) is 14.1 Å². The number of ether oxygens (including phenoxy) is 1. The summed E-state index contributed by atoms with van der Waals surface area (Å²) < 4.78 is 24.2. The minimum atomic E-state index is -0.506. The highest BCUT2D eigenvalue weighted by molar-refractivity contribution is 6.30. The van der Waals surface area contributed by atoms with Gasteiger partial charge in [-0.3, -0.25) is 19.0 Å². The van der Waals surface area contributed by atoms with E-state index in [1.807, 2.05) is 13.2 Å². The molecule has 3 aromatic heterocycles. The number of benzene rings is 1. The van der Waals surface area contributed by atoms with Crippen LogP contribution < -0.4 is 5.56 Å². The Kier molecular flexibility index (Phi) is 5.50. The van der Waals surface area contributed by atoms with Crippen LogP contribution in [0.25, 0.3) is 22.2 Å². The molecule has 7 nitrogen and oxygen atoms in total. The van der Waals surface area contributed by atoms with Gasteiger partial charge in [0.15, 0.2) is 0 Å². The number of hydrogen-bond donors (Lipinski definition) is 0. The van der Waals surface area contributed by atoms with Crippen LogP contribution in [0.5, 0.6) is 0 Å². The van der Waals surface area contributed by atoms with Crippen LogP contribution in [0.2, 0.25) is 5.02 Å². The van der Waals surface area contributed by atoms with Crippen molar-refractivity contribution < 1.29 is 9.13 Å². The molecule has 0 spiro atoms. The van der Waals surface area contributed by atoms with Crippen molar-refractivity contribution in [1.29, 1.82) is 0 Å². The molecule has 0 bridgehead atoms. The largest absolute Gasteiger partial charge is 0.373 e. The van der Waals surface area contributed by atoms with E-state index in [4.69, 9.17) is 21.3 Å². The normalized spacial score (nSPS) is 18.7. The summed E-state index contributed by atoms with van der Waals surface area (Å²) in [5, 5.41) is 4.96. The lowest BCUT2D eigenvalue weighted by atomic mass is 9.89. The lowest BCUT2D eigenvalue weighted by Crippen LogP contribution is -2.23. The average Bonchev–Trinajstić information content (AvgIpc) is 3.24. The molecule has 170 valence electrons. The van der Waals surface area contributed by atoms with Crippen molar-refractivity contribution in [2.45, 2.75) is 31.8 Å². The Labute approximate surface area is 194 Å². The summed E-state index contributed by atoms with van der Waals surface area (Å²) in [6.07, 6.45) is 5.06. The first-order valence-corrected chi connectivity index (χ1v) is 11.1. The van der Waals surface area contributed by atoms with E-state index in [0.717, 1.165) is 17.7 Å². The van der Waals surface area contributed by atoms with E-state index in [2.05, 4.69) is 10.1 Å². The molecule has 1 saturated heterocycles. The van der Waals surface area contributed by atoms with Gasteiger partial charge in [-0.2, -0.15) is 5.10 Å². The topological polar surface area (TPSA) is 74.8 Å². The number of aryl methyl sites for hydroxylation is 2. The van der Waals surface area contributed by atoms with Crippen LogP contribution >= 0.6 is 11.6 Å². The molecule has 0 unspecified atom stereocenters. The number of fused-ring (bicyclic) bond motifs is 1. The Morgan fingerprint density at radius 3 is 2.76 bits per heavy atom. The van der Waals surface area contributed by atoms with Gasteiger partial charge in [0.2, 0.25) is 0 Å². The molecule has 0 aliphatic carbocycles. The molecule has 0 amide bonds. The van der Waals surface area contributed by atoms with Gasteiger partial charge < -0.3 is 4.74 Å². The summed E-state index contributed by atoms with van der Waals surface area (Å²) in [4.78, 5) is 22.6. The number of rotatable bonds is 3. The fourth-order valence-corrected chi connectivity index (χ4v) is 4.54. The van der Waals surface area contributed by atoms with E-state index in [-0.39, 0.29) is 23.1 Å². The second-order valence-corrected chi connectivity index (χ2v) is 8.90. The van der Waals surface area contributed by atoms with Crippen LogP contribution in [0, 0.1) is 12.7 Å². The molecule has 2 atom stereocenters. The summed E-state index contributed by atoms with van der Waals surface area (Å²) in [5.74, 6) is 0.0580. The van der Waals surface area contributed by atoms with Crippen molar-refractivity contribution in [2.75, 3.05) is 6.61 Å². The van der Waals surface area contributed by atoms with Gasteiger partial charge in [-0.1, -0.05) is 11.6 Å². The molecule has 0 radical (unpaired) electrons. The number of pyridine rings is 1. The lowest BCUT2D eigenvalue weighted by molar-refractivity contribution is 0.00464. The molecule has 9 heteroatoms. The third kappa shape index (κ3) is 3.94. The SMILES string of the molecule is Cc1nc2c(-c3ccc(Cl)cc3F)nc([C@@H]3CCO[C@H](c4cnn(C)c4)C3)cc2c(=O)n1C. The van der Waals surface area contributed by atoms with Crippen LogP contribution in [-0.4, -0.2) is 30.9 Å². The fourth-order valence-electron chi connectivity index (χ4n) is 4.38. The van der Waals surface area contributed by atoms with Gasteiger partial charge in [-0.15, -0.1) is 0 Å². The highest BCUT2D eigenvalue weighted by atomic mass is 35.5. The van der Waals surface area contributed by atoms with Crippen LogP contribution in [0.15, 0.2) is 41.5 Å². The standard InChI is InChI=1S/C24H23ClFN5O2/c1-13-28-23-18(24(32)31(13)3)10-20(29-22(23)17-5-4-16(25)9-19(17)26)14-6-7-33-21(8-14)15-11-27-30(2)12-15/h4-5,9-12,14,21H,6-8H2,1-3H3/t14-,21+/m1/s1. The van der Waals surface area contributed by atoms with E-state index in [9.17, 15) is 9.18 Å². The number of halogens is 2. The second kappa shape index (κ2) is 8.35. The Hall–Kier alpha value is -3.10. The Balaban J connectivity index is 1.67. The Morgan fingerprint density at radius 2 is 2.03 bits per heavy atom. The van der Waals surface area contributed by atoms with Crippen LogP contribution in [-0.2, 0) is 18.8 Å². The predicted octanol–water partition coefficient (Wildman–Crippen LogP) is 4.47. The van der Waals surface area contributed by atoms with Gasteiger partial charge in [0.25, 0.3) is 5.56 Å². The quantitative estimate of drug-likeness (QED) is 0.444. The third-order valence-electron chi connectivity index (χ3n) is 6.29. The molecular formula is C24H23ClFN5O2. The molecule has 1 aliphatic heterocycles. The van der Waals surface area contributed by atoms with Crippen molar-refractivity contribution in [3.05, 3.63) is 74.9 Å². The van der Waals surface area contributed by atoms with E-state index >= 15 is 0 Å². The minimum Gasteiger partial charge on any atom is -0.373 e. The minimum absolute atomic E-state index is 0.0356. The molecular weight excluding hydrogens is 445 g/mol. The molecule has 1 fully saturated rings. The highest BCUT2D eigenvalue weighted by Crippen LogP contribution is 2.39. The van der Waals surface area contributed by atoms with E-state index < -0.39 is 5.82 Å². The highest BCUT2D eigenvalue weighted by Gasteiger charge is 2.28. The van der Waals surface area contributed by atoms with E-state index in [1.54, 1.807) is 43.0 Å². The Morgan fingerprint density at radius 1 is 1.21 bits per heavy atom. The number of hydrogen-bond acceptors (Lipinski definition) is 5.